The largest absolute Gasteiger partial charge is 0.353 e. The van der Waals surface area contributed by atoms with Crippen LogP contribution in [0.5, 0.6) is 0 Å². The van der Waals surface area contributed by atoms with Crippen LogP contribution in [0.25, 0.3) is 0 Å². The lowest BCUT2D eigenvalue weighted by atomic mass is 10.0. The third-order valence-corrected chi connectivity index (χ3v) is 3.64. The minimum atomic E-state index is -0.330. The van der Waals surface area contributed by atoms with Gasteiger partial charge in [0.25, 0.3) is 11.5 Å². The highest BCUT2D eigenvalue weighted by molar-refractivity contribution is 5.92. The Kier molecular flexibility index (Phi) is 5.30. The molecule has 7 nitrogen and oxygen atoms in total. The van der Waals surface area contributed by atoms with Gasteiger partial charge in [0.15, 0.2) is 0 Å². The Labute approximate surface area is 129 Å². The van der Waals surface area contributed by atoms with E-state index in [1.54, 1.807) is 4.90 Å². The molecule has 2 N–H and O–H groups in total. The van der Waals surface area contributed by atoms with Gasteiger partial charge in [-0.05, 0) is 24.8 Å². The predicted molar refractivity (Wildman–Crippen MR) is 81.4 cm³/mol. The fourth-order valence-electron chi connectivity index (χ4n) is 2.51. The van der Waals surface area contributed by atoms with Gasteiger partial charge in [0, 0.05) is 31.6 Å². The molecule has 2 amide bonds. The number of piperidine rings is 1. The molecule has 0 unspecified atom stereocenters. The van der Waals surface area contributed by atoms with Gasteiger partial charge < -0.3 is 10.2 Å². The van der Waals surface area contributed by atoms with Gasteiger partial charge in [0.2, 0.25) is 5.91 Å². The van der Waals surface area contributed by atoms with Crippen molar-refractivity contribution in [1.82, 2.24) is 20.4 Å². The van der Waals surface area contributed by atoms with E-state index in [0.29, 0.717) is 25.4 Å². The van der Waals surface area contributed by atoms with E-state index in [0.717, 1.165) is 12.8 Å². The normalized spacial score (nSPS) is 15.9. The van der Waals surface area contributed by atoms with E-state index in [4.69, 9.17) is 0 Å². The number of aromatic amines is 1. The van der Waals surface area contributed by atoms with Crippen molar-refractivity contribution in [3.8, 4) is 0 Å². The zero-order valence-corrected chi connectivity index (χ0v) is 13.0. The summed E-state index contributed by atoms with van der Waals surface area (Å²) in [6.45, 7) is 5.18. The lowest BCUT2D eigenvalue weighted by molar-refractivity contribution is -0.122. The highest BCUT2D eigenvalue weighted by Crippen LogP contribution is 2.13. The SMILES string of the molecule is CC(C)CC(=O)NC1CCN(C(=O)c2ccc(=O)[nH]n2)CC1. The van der Waals surface area contributed by atoms with Crippen LogP contribution in [-0.2, 0) is 4.79 Å². The van der Waals surface area contributed by atoms with Crippen LogP contribution in [0.1, 0.15) is 43.6 Å². The number of carbonyl (C=O) groups excluding carboxylic acids is 2. The van der Waals surface area contributed by atoms with Crippen LogP contribution in [0.2, 0.25) is 0 Å². The monoisotopic (exact) mass is 306 g/mol. The number of likely N-dealkylation sites (tertiary alicyclic amines) is 1. The Morgan fingerprint density at radius 2 is 2.05 bits per heavy atom. The number of carbonyl (C=O) groups is 2. The maximum atomic E-state index is 12.2. The molecule has 1 saturated heterocycles. The molecule has 22 heavy (non-hydrogen) atoms. The van der Waals surface area contributed by atoms with E-state index in [-0.39, 0.29) is 29.1 Å². The van der Waals surface area contributed by atoms with E-state index >= 15 is 0 Å². The molecule has 1 aliphatic heterocycles. The van der Waals surface area contributed by atoms with Crippen molar-refractivity contribution >= 4 is 11.8 Å². The average Bonchev–Trinajstić information content (AvgIpc) is 2.47. The molecule has 0 atom stereocenters. The second kappa shape index (κ2) is 7.20. The molecule has 2 rings (SSSR count). The van der Waals surface area contributed by atoms with E-state index in [9.17, 15) is 14.4 Å². The highest BCUT2D eigenvalue weighted by Gasteiger charge is 2.25. The van der Waals surface area contributed by atoms with Crippen LogP contribution in [0, 0.1) is 5.92 Å². The van der Waals surface area contributed by atoms with Crippen molar-refractivity contribution in [2.75, 3.05) is 13.1 Å². The van der Waals surface area contributed by atoms with Crippen LogP contribution in [0.4, 0.5) is 0 Å². The molecule has 1 fully saturated rings. The van der Waals surface area contributed by atoms with Gasteiger partial charge >= 0.3 is 0 Å². The molecule has 0 saturated carbocycles. The van der Waals surface area contributed by atoms with Gasteiger partial charge in [-0.25, -0.2) is 5.10 Å². The summed E-state index contributed by atoms with van der Waals surface area (Å²) in [5.74, 6) is 0.221. The summed E-state index contributed by atoms with van der Waals surface area (Å²) in [6.07, 6.45) is 2.00. The molecule has 1 aromatic heterocycles. The fraction of sp³-hybridized carbons (Fsp3) is 0.600. The summed E-state index contributed by atoms with van der Waals surface area (Å²) < 4.78 is 0. The molecule has 0 aromatic carbocycles. The molecule has 1 aromatic rings. The van der Waals surface area contributed by atoms with Crippen molar-refractivity contribution < 1.29 is 9.59 Å². The topological polar surface area (TPSA) is 95.2 Å². The van der Waals surface area contributed by atoms with Crippen molar-refractivity contribution in [2.24, 2.45) is 5.92 Å². The summed E-state index contributed by atoms with van der Waals surface area (Å²) in [6, 6.07) is 2.84. The van der Waals surface area contributed by atoms with Crippen molar-refractivity contribution in [2.45, 2.75) is 39.2 Å². The summed E-state index contributed by atoms with van der Waals surface area (Å²) in [5.41, 5.74) is -0.0926. The third-order valence-electron chi connectivity index (χ3n) is 3.64. The second-order valence-corrected chi connectivity index (χ2v) is 6.04. The first-order valence-corrected chi connectivity index (χ1v) is 7.60. The zero-order chi connectivity index (χ0) is 16.1. The highest BCUT2D eigenvalue weighted by atomic mass is 16.2. The van der Waals surface area contributed by atoms with Crippen molar-refractivity contribution in [3.05, 3.63) is 28.2 Å². The van der Waals surface area contributed by atoms with Gasteiger partial charge in [-0.15, -0.1) is 0 Å². The van der Waals surface area contributed by atoms with Gasteiger partial charge in [-0.3, -0.25) is 14.4 Å². The Morgan fingerprint density at radius 3 is 2.59 bits per heavy atom. The number of hydrogen-bond acceptors (Lipinski definition) is 4. The molecule has 2 heterocycles. The zero-order valence-electron chi connectivity index (χ0n) is 13.0. The number of amides is 2. The van der Waals surface area contributed by atoms with Crippen LogP contribution in [0.15, 0.2) is 16.9 Å². The Hall–Kier alpha value is -2.18. The predicted octanol–water partition coefficient (Wildman–Crippen LogP) is 0.537. The van der Waals surface area contributed by atoms with Crippen molar-refractivity contribution in [3.63, 3.8) is 0 Å². The van der Waals surface area contributed by atoms with E-state index in [2.05, 4.69) is 15.5 Å². The standard InChI is InChI=1S/C15H22N4O3/c1-10(2)9-14(21)16-11-5-7-19(8-6-11)15(22)12-3-4-13(20)18-17-12/h3-4,10-11H,5-9H2,1-2H3,(H,16,21)(H,18,20). The van der Waals surface area contributed by atoms with Crippen LogP contribution in [-0.4, -0.2) is 46.0 Å². The average molecular weight is 306 g/mol. The summed E-state index contributed by atoms with van der Waals surface area (Å²) in [4.78, 5) is 36.7. The molecule has 0 aliphatic carbocycles. The molecule has 0 spiro atoms. The molecule has 120 valence electrons. The number of rotatable bonds is 4. The maximum Gasteiger partial charge on any atom is 0.274 e. The fourth-order valence-corrected chi connectivity index (χ4v) is 2.51. The number of nitrogens with one attached hydrogen (secondary N) is 2. The van der Waals surface area contributed by atoms with E-state index in [1.165, 1.54) is 12.1 Å². The lowest BCUT2D eigenvalue weighted by Crippen LogP contribution is -2.47. The van der Waals surface area contributed by atoms with Crippen LogP contribution in [0.3, 0.4) is 0 Å². The quantitative estimate of drug-likeness (QED) is 0.848. The third kappa shape index (κ3) is 4.41. The minimum absolute atomic E-state index is 0.0714. The number of aromatic nitrogens is 2. The number of nitrogens with zero attached hydrogens (tertiary/aromatic N) is 2. The Bertz CT molecular complexity index is 568. The first-order chi connectivity index (χ1) is 10.5. The molecule has 7 heteroatoms. The van der Waals surface area contributed by atoms with Gasteiger partial charge in [-0.2, -0.15) is 5.10 Å². The van der Waals surface area contributed by atoms with E-state index < -0.39 is 0 Å². The second-order valence-electron chi connectivity index (χ2n) is 6.04. The summed E-state index contributed by atoms with van der Waals surface area (Å²) in [5, 5.41) is 9.03. The number of H-pyrrole nitrogens is 1. The number of hydrogen-bond donors (Lipinski definition) is 2. The molecular weight excluding hydrogens is 284 g/mol. The lowest BCUT2D eigenvalue weighted by Gasteiger charge is -2.32. The maximum absolute atomic E-state index is 12.2. The van der Waals surface area contributed by atoms with Gasteiger partial charge in [0.05, 0.1) is 0 Å². The van der Waals surface area contributed by atoms with E-state index in [1.807, 2.05) is 13.8 Å². The first kappa shape index (κ1) is 16.2. The minimum Gasteiger partial charge on any atom is -0.353 e. The molecule has 0 bridgehead atoms. The Morgan fingerprint density at radius 1 is 1.36 bits per heavy atom. The first-order valence-electron chi connectivity index (χ1n) is 7.60. The molecular formula is C15H22N4O3. The summed E-state index contributed by atoms with van der Waals surface area (Å²) >= 11 is 0. The molecule has 1 aliphatic rings. The van der Waals surface area contributed by atoms with Gasteiger partial charge in [-0.1, -0.05) is 13.8 Å². The van der Waals surface area contributed by atoms with Crippen LogP contribution < -0.4 is 10.9 Å². The van der Waals surface area contributed by atoms with Gasteiger partial charge in [0.1, 0.15) is 5.69 Å². The van der Waals surface area contributed by atoms with Crippen LogP contribution >= 0.6 is 0 Å². The summed E-state index contributed by atoms with van der Waals surface area (Å²) in [7, 11) is 0. The smallest absolute Gasteiger partial charge is 0.274 e. The van der Waals surface area contributed by atoms with Crippen molar-refractivity contribution in [1.29, 1.82) is 0 Å². The Balaban J connectivity index is 1.84. The molecule has 0 radical (unpaired) electrons.